The summed E-state index contributed by atoms with van der Waals surface area (Å²) in [6.45, 7) is 1.26. The van der Waals surface area contributed by atoms with E-state index in [0.717, 1.165) is 0 Å². The average molecular weight is 518 g/mol. The molecule has 0 fully saturated rings. The van der Waals surface area contributed by atoms with Crippen molar-refractivity contribution in [2.75, 3.05) is 6.54 Å². The van der Waals surface area contributed by atoms with Gasteiger partial charge < -0.3 is 54.8 Å². The molecule has 0 aliphatic heterocycles. The highest BCUT2D eigenvalue weighted by Gasteiger charge is 2.33. The molecule has 5 atom stereocenters. The van der Waals surface area contributed by atoms with Crippen LogP contribution in [0.2, 0.25) is 0 Å². The van der Waals surface area contributed by atoms with Crippen LogP contribution in [0.4, 0.5) is 0 Å². The van der Waals surface area contributed by atoms with Crippen molar-refractivity contribution in [2.45, 2.75) is 69.3 Å². The second-order valence-corrected chi connectivity index (χ2v) is 7.92. The number of carboxylic acid groups (broad SMARTS) is 1. The van der Waals surface area contributed by atoms with Gasteiger partial charge in [0.1, 0.15) is 18.1 Å². The van der Waals surface area contributed by atoms with Gasteiger partial charge in [0.25, 0.3) is 0 Å². The Morgan fingerprint density at radius 1 is 0.833 bits per heavy atom. The first kappa shape index (κ1) is 32.0. The zero-order valence-corrected chi connectivity index (χ0v) is 19.8. The molecule has 0 saturated heterocycles. The van der Waals surface area contributed by atoms with E-state index in [4.69, 9.17) is 28.7 Å². The predicted molar refractivity (Wildman–Crippen MR) is 125 cm³/mol. The molecular formula is C19H35N9O8. The second kappa shape index (κ2) is 15.8. The molecule has 204 valence electrons. The number of nitrogens with zero attached hydrogens (tertiary/aromatic N) is 1. The lowest BCUT2D eigenvalue weighted by Gasteiger charge is -2.26. The summed E-state index contributed by atoms with van der Waals surface area (Å²) in [4.78, 5) is 75.1. The summed E-state index contributed by atoms with van der Waals surface area (Å²) in [6.07, 6.45) is -2.40. The Bertz CT molecular complexity index is 845. The van der Waals surface area contributed by atoms with Gasteiger partial charge in [-0.05, 0) is 26.2 Å². The molecule has 0 saturated carbocycles. The lowest BCUT2D eigenvalue weighted by molar-refractivity contribution is -0.142. The van der Waals surface area contributed by atoms with Crippen molar-refractivity contribution in [1.29, 1.82) is 0 Å². The highest BCUT2D eigenvalue weighted by atomic mass is 16.4. The van der Waals surface area contributed by atoms with Crippen LogP contribution in [0.3, 0.4) is 0 Å². The van der Waals surface area contributed by atoms with Crippen molar-refractivity contribution < 1.29 is 39.0 Å². The lowest BCUT2D eigenvalue weighted by atomic mass is 10.1. The first-order valence-electron chi connectivity index (χ1n) is 10.8. The molecule has 17 heteroatoms. The number of guanidine groups is 1. The van der Waals surface area contributed by atoms with E-state index in [0.29, 0.717) is 0 Å². The first-order chi connectivity index (χ1) is 16.6. The molecule has 0 spiro atoms. The van der Waals surface area contributed by atoms with Gasteiger partial charge in [-0.3, -0.25) is 29.0 Å². The zero-order chi connectivity index (χ0) is 28.0. The number of hydrogen-bond donors (Lipinski definition) is 10. The molecule has 17 nitrogen and oxygen atoms in total. The van der Waals surface area contributed by atoms with Crippen molar-refractivity contribution in [1.82, 2.24) is 16.0 Å². The van der Waals surface area contributed by atoms with Crippen molar-refractivity contribution in [3.8, 4) is 0 Å². The molecule has 0 heterocycles. The van der Waals surface area contributed by atoms with Crippen LogP contribution in [-0.2, 0) is 28.8 Å². The molecule has 0 aromatic heterocycles. The minimum Gasteiger partial charge on any atom is -0.480 e. The van der Waals surface area contributed by atoms with Gasteiger partial charge in [0.2, 0.25) is 29.5 Å². The summed E-state index contributed by atoms with van der Waals surface area (Å²) in [5.74, 6) is -6.30. The Morgan fingerprint density at radius 2 is 1.42 bits per heavy atom. The largest absolute Gasteiger partial charge is 0.480 e. The number of primary amides is 2. The Kier molecular flexibility index (Phi) is 14.1. The minimum atomic E-state index is -1.63. The van der Waals surface area contributed by atoms with Crippen LogP contribution in [0.15, 0.2) is 4.99 Å². The number of aliphatic hydroxyl groups excluding tert-OH is 1. The van der Waals surface area contributed by atoms with Crippen LogP contribution in [0, 0.1) is 0 Å². The Labute approximate surface area is 206 Å². The fourth-order valence-corrected chi connectivity index (χ4v) is 2.80. The first-order valence-corrected chi connectivity index (χ1v) is 10.8. The number of aliphatic imine (C=N–C) groups is 1. The summed E-state index contributed by atoms with van der Waals surface area (Å²) >= 11 is 0. The molecule has 0 aromatic rings. The number of carbonyl (C=O) groups is 6. The van der Waals surface area contributed by atoms with Crippen LogP contribution in [-0.4, -0.2) is 88.5 Å². The normalized spacial score (nSPS) is 14.8. The number of aliphatic hydroxyl groups is 1. The van der Waals surface area contributed by atoms with Gasteiger partial charge in [-0.1, -0.05) is 0 Å². The number of amides is 5. The van der Waals surface area contributed by atoms with Crippen molar-refractivity contribution in [2.24, 2.45) is 33.7 Å². The second-order valence-electron chi connectivity index (χ2n) is 7.92. The quantitative estimate of drug-likeness (QED) is 0.0492. The number of nitrogens with two attached hydrogens (primary N) is 5. The summed E-state index contributed by atoms with van der Waals surface area (Å²) in [5, 5.41) is 25.9. The molecule has 0 bridgehead atoms. The van der Waals surface area contributed by atoms with Crippen LogP contribution in [0.1, 0.15) is 39.0 Å². The zero-order valence-electron chi connectivity index (χ0n) is 19.8. The molecule has 5 unspecified atom stereocenters. The van der Waals surface area contributed by atoms with Gasteiger partial charge in [-0.25, -0.2) is 4.79 Å². The topological polar surface area (TPSA) is 321 Å². The maximum atomic E-state index is 12.7. The van der Waals surface area contributed by atoms with Gasteiger partial charge in [0.05, 0.1) is 18.6 Å². The van der Waals surface area contributed by atoms with E-state index in [2.05, 4.69) is 20.9 Å². The summed E-state index contributed by atoms with van der Waals surface area (Å²) in [5.41, 5.74) is 26.2. The minimum absolute atomic E-state index is 0.0787. The van der Waals surface area contributed by atoms with Crippen molar-refractivity contribution in [3.05, 3.63) is 0 Å². The van der Waals surface area contributed by atoms with Gasteiger partial charge in [0, 0.05) is 13.0 Å². The number of carboxylic acids is 1. The van der Waals surface area contributed by atoms with E-state index < -0.39 is 72.2 Å². The smallest absolute Gasteiger partial charge is 0.326 e. The van der Waals surface area contributed by atoms with Crippen LogP contribution in [0.25, 0.3) is 0 Å². The van der Waals surface area contributed by atoms with Gasteiger partial charge in [0.15, 0.2) is 5.96 Å². The maximum Gasteiger partial charge on any atom is 0.326 e. The van der Waals surface area contributed by atoms with Gasteiger partial charge in [-0.2, -0.15) is 0 Å². The molecule has 0 aromatic carbocycles. The maximum absolute atomic E-state index is 12.7. The molecule has 0 rings (SSSR count). The summed E-state index contributed by atoms with van der Waals surface area (Å²) < 4.78 is 0. The number of rotatable bonds is 17. The fraction of sp³-hybridized carbons (Fsp3) is 0.632. The molecule has 15 N–H and O–H groups in total. The number of aliphatic carboxylic acids is 1. The fourth-order valence-electron chi connectivity index (χ4n) is 2.80. The van der Waals surface area contributed by atoms with E-state index in [-0.39, 0.29) is 38.2 Å². The van der Waals surface area contributed by atoms with Gasteiger partial charge >= 0.3 is 5.97 Å². The predicted octanol–water partition coefficient (Wildman–Crippen LogP) is -5.57. The molecule has 0 radical (unpaired) electrons. The molecular weight excluding hydrogens is 482 g/mol. The highest BCUT2D eigenvalue weighted by Crippen LogP contribution is 2.04. The Morgan fingerprint density at radius 3 is 1.89 bits per heavy atom. The van der Waals surface area contributed by atoms with Crippen LogP contribution < -0.4 is 44.6 Å². The third-order valence-electron chi connectivity index (χ3n) is 4.70. The van der Waals surface area contributed by atoms with E-state index in [1.165, 1.54) is 6.92 Å². The van der Waals surface area contributed by atoms with E-state index in [1.54, 1.807) is 0 Å². The third-order valence-corrected chi connectivity index (χ3v) is 4.70. The van der Waals surface area contributed by atoms with Crippen molar-refractivity contribution in [3.63, 3.8) is 0 Å². The summed E-state index contributed by atoms with van der Waals surface area (Å²) in [7, 11) is 0. The number of hydrogen-bond acceptors (Lipinski definition) is 9. The molecule has 36 heavy (non-hydrogen) atoms. The van der Waals surface area contributed by atoms with E-state index in [9.17, 15) is 39.0 Å². The molecule has 5 amide bonds. The highest BCUT2D eigenvalue weighted by molar-refractivity contribution is 5.96. The Balaban J connectivity index is 5.40. The van der Waals surface area contributed by atoms with Crippen molar-refractivity contribution >= 4 is 41.5 Å². The molecule has 0 aliphatic carbocycles. The standard InChI is InChI=1S/C19H35N9O8/c1-8(29)14(28-15(32)9(20)4-5-12(21)30)17(34)27-11(7-13(22)31)16(33)26-10(18(35)36)3-2-6-25-19(23)24/h8-11,14,29H,2-7,20H2,1H3,(H2,21,30)(H2,22,31)(H,26,33)(H,27,34)(H,28,32)(H,35,36)(H4,23,24,25). The van der Waals surface area contributed by atoms with E-state index in [1.807, 2.05) is 0 Å². The average Bonchev–Trinajstić information content (AvgIpc) is 2.75. The monoisotopic (exact) mass is 517 g/mol. The lowest BCUT2D eigenvalue weighted by Crippen LogP contribution is -2.60. The van der Waals surface area contributed by atoms with Crippen LogP contribution in [0.5, 0.6) is 0 Å². The van der Waals surface area contributed by atoms with Crippen LogP contribution >= 0.6 is 0 Å². The summed E-state index contributed by atoms with van der Waals surface area (Å²) in [6, 6.07) is -5.88. The number of carbonyl (C=O) groups excluding carboxylic acids is 5. The van der Waals surface area contributed by atoms with Gasteiger partial charge in [-0.15, -0.1) is 0 Å². The number of nitrogens with one attached hydrogen (secondary N) is 3. The Hall–Kier alpha value is -3.99. The SMILES string of the molecule is CC(O)C(NC(=O)C(N)CCC(N)=O)C(=O)NC(CC(N)=O)C(=O)NC(CCCN=C(N)N)C(=O)O. The van der Waals surface area contributed by atoms with E-state index >= 15 is 0 Å². The molecule has 0 aliphatic rings. The third kappa shape index (κ3) is 13.0.